The molecule has 0 aliphatic carbocycles. The minimum Gasteiger partial charge on any atom is -0.379 e. The van der Waals surface area contributed by atoms with Crippen LogP contribution in [0.4, 0.5) is 5.13 Å². The van der Waals surface area contributed by atoms with Gasteiger partial charge in [0, 0.05) is 26.2 Å². The number of halogens is 1. The van der Waals surface area contributed by atoms with Crippen molar-refractivity contribution in [2.24, 2.45) is 0 Å². The van der Waals surface area contributed by atoms with Crippen LogP contribution in [0.1, 0.15) is 5.56 Å². The fourth-order valence-corrected chi connectivity index (χ4v) is 3.73. The van der Waals surface area contributed by atoms with Crippen LogP contribution in [0.25, 0.3) is 10.2 Å². The molecule has 0 atom stereocenters. The summed E-state index contributed by atoms with van der Waals surface area (Å²) in [7, 11) is 0. The minimum absolute atomic E-state index is 0.734. The Bertz CT molecular complexity index is 595. The normalized spacial score (nSPS) is 16.7. The van der Waals surface area contributed by atoms with Gasteiger partial charge in [-0.05, 0) is 24.6 Å². The van der Waals surface area contributed by atoms with Crippen LogP contribution in [-0.2, 0) is 4.74 Å². The van der Waals surface area contributed by atoms with Crippen LogP contribution in [0.3, 0.4) is 0 Å². The molecular weight excluding hydrogens is 294 g/mol. The van der Waals surface area contributed by atoms with Crippen molar-refractivity contribution in [3.05, 3.63) is 22.7 Å². The van der Waals surface area contributed by atoms with Crippen molar-refractivity contribution in [3.63, 3.8) is 0 Å². The van der Waals surface area contributed by atoms with Gasteiger partial charge in [-0.15, -0.1) is 0 Å². The highest BCUT2D eigenvalue weighted by molar-refractivity contribution is 7.22. The molecule has 2 aromatic rings. The maximum Gasteiger partial charge on any atom is 0.183 e. The Labute approximate surface area is 127 Å². The average molecular weight is 312 g/mol. The number of nitrogens with zero attached hydrogens (tertiary/aromatic N) is 2. The third kappa shape index (κ3) is 3.23. The Morgan fingerprint density at radius 2 is 2.20 bits per heavy atom. The number of anilines is 1. The lowest BCUT2D eigenvalue weighted by Gasteiger charge is -2.26. The zero-order chi connectivity index (χ0) is 13.9. The minimum atomic E-state index is 0.734. The highest BCUT2D eigenvalue weighted by Crippen LogP contribution is 2.31. The summed E-state index contributed by atoms with van der Waals surface area (Å²) in [6, 6.07) is 4.09. The number of aryl methyl sites for hydroxylation is 1. The van der Waals surface area contributed by atoms with Gasteiger partial charge in [-0.2, -0.15) is 0 Å². The number of fused-ring (bicyclic) bond motifs is 1. The summed E-state index contributed by atoms with van der Waals surface area (Å²) in [4.78, 5) is 6.97. The predicted molar refractivity (Wildman–Crippen MR) is 85.1 cm³/mol. The molecule has 1 aliphatic heterocycles. The van der Waals surface area contributed by atoms with Crippen molar-refractivity contribution >= 4 is 38.3 Å². The number of rotatable bonds is 4. The number of ether oxygens (including phenoxy) is 1. The van der Waals surface area contributed by atoms with Crippen LogP contribution in [0.2, 0.25) is 5.02 Å². The third-order valence-electron chi connectivity index (χ3n) is 3.40. The Morgan fingerprint density at radius 3 is 3.00 bits per heavy atom. The van der Waals surface area contributed by atoms with Gasteiger partial charge in [-0.1, -0.05) is 22.9 Å². The number of thiazole rings is 1. The second kappa shape index (κ2) is 6.26. The number of hydrogen-bond acceptors (Lipinski definition) is 5. The monoisotopic (exact) mass is 311 g/mol. The molecule has 0 saturated carbocycles. The Hall–Kier alpha value is -0.880. The van der Waals surface area contributed by atoms with E-state index in [4.69, 9.17) is 16.3 Å². The zero-order valence-electron chi connectivity index (χ0n) is 11.5. The third-order valence-corrected chi connectivity index (χ3v) is 4.65. The van der Waals surface area contributed by atoms with Crippen LogP contribution < -0.4 is 5.32 Å². The molecule has 1 saturated heterocycles. The Morgan fingerprint density at radius 1 is 1.40 bits per heavy atom. The lowest BCUT2D eigenvalue weighted by molar-refractivity contribution is 0.0398. The molecule has 0 unspecified atom stereocenters. The first-order valence-electron chi connectivity index (χ1n) is 6.83. The van der Waals surface area contributed by atoms with Gasteiger partial charge < -0.3 is 10.1 Å². The van der Waals surface area contributed by atoms with Gasteiger partial charge in [0.2, 0.25) is 0 Å². The molecule has 1 aromatic heterocycles. The summed E-state index contributed by atoms with van der Waals surface area (Å²) in [6.07, 6.45) is 0. The highest BCUT2D eigenvalue weighted by atomic mass is 35.5. The van der Waals surface area contributed by atoms with Crippen molar-refractivity contribution in [2.75, 3.05) is 44.7 Å². The van der Waals surface area contributed by atoms with E-state index in [1.807, 2.05) is 6.07 Å². The van der Waals surface area contributed by atoms with E-state index in [9.17, 15) is 0 Å². The molecule has 0 amide bonds. The van der Waals surface area contributed by atoms with Crippen molar-refractivity contribution in [2.45, 2.75) is 6.92 Å². The molecule has 1 aromatic carbocycles. The fourth-order valence-electron chi connectivity index (χ4n) is 2.34. The molecule has 0 spiro atoms. The molecule has 6 heteroatoms. The van der Waals surface area contributed by atoms with E-state index in [1.54, 1.807) is 11.3 Å². The number of nitrogens with one attached hydrogen (secondary N) is 1. The van der Waals surface area contributed by atoms with Crippen molar-refractivity contribution in [3.8, 4) is 0 Å². The van der Waals surface area contributed by atoms with Crippen LogP contribution in [0.5, 0.6) is 0 Å². The van der Waals surface area contributed by atoms with E-state index >= 15 is 0 Å². The molecule has 20 heavy (non-hydrogen) atoms. The fraction of sp³-hybridized carbons (Fsp3) is 0.500. The maximum atomic E-state index is 6.23. The molecular formula is C14H18ClN3OS. The quantitative estimate of drug-likeness (QED) is 0.942. The summed E-state index contributed by atoms with van der Waals surface area (Å²) in [5.74, 6) is 0. The van der Waals surface area contributed by atoms with E-state index in [2.05, 4.69) is 28.2 Å². The standard InChI is InChI=1S/C14H18ClN3OS/c1-10-8-11(15)13-12(9-10)20-14(17-13)16-2-3-18-4-6-19-7-5-18/h8-9H,2-7H2,1H3,(H,16,17). The first-order chi connectivity index (χ1) is 9.72. The van der Waals surface area contributed by atoms with Gasteiger partial charge in [0.25, 0.3) is 0 Å². The highest BCUT2D eigenvalue weighted by Gasteiger charge is 2.11. The van der Waals surface area contributed by atoms with Gasteiger partial charge in [0.15, 0.2) is 5.13 Å². The first-order valence-corrected chi connectivity index (χ1v) is 8.02. The second-order valence-corrected chi connectivity index (χ2v) is 6.43. The molecule has 0 radical (unpaired) electrons. The number of hydrogen-bond donors (Lipinski definition) is 1. The molecule has 108 valence electrons. The molecule has 4 nitrogen and oxygen atoms in total. The number of morpholine rings is 1. The van der Waals surface area contributed by atoms with Crippen LogP contribution >= 0.6 is 22.9 Å². The molecule has 0 bridgehead atoms. The summed E-state index contributed by atoms with van der Waals surface area (Å²) >= 11 is 7.89. The first kappa shape index (κ1) is 14.1. The second-order valence-electron chi connectivity index (χ2n) is 4.99. The topological polar surface area (TPSA) is 37.4 Å². The van der Waals surface area contributed by atoms with E-state index in [0.29, 0.717) is 0 Å². The van der Waals surface area contributed by atoms with Gasteiger partial charge in [0.05, 0.1) is 22.9 Å². The molecule has 1 fully saturated rings. The largest absolute Gasteiger partial charge is 0.379 e. The summed E-state index contributed by atoms with van der Waals surface area (Å²) < 4.78 is 6.48. The summed E-state index contributed by atoms with van der Waals surface area (Å²) in [5.41, 5.74) is 2.07. The zero-order valence-corrected chi connectivity index (χ0v) is 13.1. The van der Waals surface area contributed by atoms with Gasteiger partial charge >= 0.3 is 0 Å². The van der Waals surface area contributed by atoms with Crippen molar-refractivity contribution < 1.29 is 4.74 Å². The smallest absolute Gasteiger partial charge is 0.183 e. The molecule has 1 N–H and O–H groups in total. The number of aromatic nitrogens is 1. The maximum absolute atomic E-state index is 6.23. The Balaban J connectivity index is 1.61. The summed E-state index contributed by atoms with van der Waals surface area (Å²) in [6.45, 7) is 7.70. The summed E-state index contributed by atoms with van der Waals surface area (Å²) in [5, 5.41) is 5.07. The predicted octanol–water partition coefficient (Wildman–Crippen LogP) is 3.00. The molecule has 3 rings (SSSR count). The molecule has 2 heterocycles. The van der Waals surface area contributed by atoms with Crippen LogP contribution in [-0.4, -0.2) is 49.3 Å². The van der Waals surface area contributed by atoms with Gasteiger partial charge in [0.1, 0.15) is 5.52 Å². The van der Waals surface area contributed by atoms with Gasteiger partial charge in [-0.25, -0.2) is 4.98 Å². The number of benzene rings is 1. The average Bonchev–Trinajstić information content (AvgIpc) is 2.83. The SMILES string of the molecule is Cc1cc(Cl)c2nc(NCCN3CCOCC3)sc2c1. The van der Waals surface area contributed by atoms with E-state index in [-0.39, 0.29) is 0 Å². The van der Waals surface area contributed by atoms with E-state index in [1.165, 1.54) is 5.56 Å². The molecule has 1 aliphatic rings. The van der Waals surface area contributed by atoms with Crippen LogP contribution in [0, 0.1) is 6.92 Å². The Kier molecular flexibility index (Phi) is 4.41. The van der Waals surface area contributed by atoms with Gasteiger partial charge in [-0.3, -0.25) is 4.90 Å². The van der Waals surface area contributed by atoms with Crippen LogP contribution in [0.15, 0.2) is 12.1 Å². The van der Waals surface area contributed by atoms with Crippen molar-refractivity contribution in [1.29, 1.82) is 0 Å². The van der Waals surface area contributed by atoms with E-state index in [0.717, 1.165) is 59.8 Å². The van der Waals surface area contributed by atoms with Crippen molar-refractivity contribution in [1.82, 2.24) is 9.88 Å². The lowest BCUT2D eigenvalue weighted by atomic mass is 10.2. The lowest BCUT2D eigenvalue weighted by Crippen LogP contribution is -2.38. The van der Waals surface area contributed by atoms with E-state index < -0.39 is 0 Å².